The molecule has 1 aromatic heterocycles. The number of anilines is 1. The van der Waals surface area contributed by atoms with Gasteiger partial charge in [0.15, 0.2) is 17.7 Å². The smallest absolute Gasteiger partial charge is 0.352 e. The Bertz CT molecular complexity index is 550. The van der Waals surface area contributed by atoms with Crippen LogP contribution in [-0.4, -0.2) is 44.5 Å². The Labute approximate surface area is 104 Å². The topological polar surface area (TPSA) is 111 Å². The fourth-order valence-corrected chi connectivity index (χ4v) is 1.74. The Morgan fingerprint density at radius 2 is 2.21 bits per heavy atom. The highest BCUT2D eigenvalue weighted by Crippen LogP contribution is 2.42. The maximum absolute atomic E-state index is 13.7. The summed E-state index contributed by atoms with van der Waals surface area (Å²) in [7, 11) is 0. The molecule has 10 heteroatoms. The van der Waals surface area contributed by atoms with Crippen LogP contribution in [0, 0.1) is 5.82 Å². The summed E-state index contributed by atoms with van der Waals surface area (Å²) in [4.78, 5) is 14.4. The van der Waals surface area contributed by atoms with Gasteiger partial charge in [0.05, 0.1) is 12.8 Å². The summed E-state index contributed by atoms with van der Waals surface area (Å²) in [6.07, 6.45) is -5.77. The molecule has 7 nitrogen and oxygen atoms in total. The third kappa shape index (κ3) is 2.07. The number of hydrogen-bond acceptors (Lipinski definition) is 6. The maximum atomic E-state index is 13.7. The lowest BCUT2D eigenvalue weighted by molar-refractivity contribution is -0.141. The second-order valence-electron chi connectivity index (χ2n) is 3.99. The fraction of sp³-hybridized carbons (Fsp3) is 0.556. The minimum Gasteiger partial charge on any atom is -0.394 e. The van der Waals surface area contributed by atoms with Crippen LogP contribution in [0.2, 0.25) is 0 Å². The molecule has 1 fully saturated rings. The van der Waals surface area contributed by atoms with Gasteiger partial charge >= 0.3 is 11.6 Å². The van der Waals surface area contributed by atoms with Crippen molar-refractivity contribution in [2.45, 2.75) is 24.4 Å². The van der Waals surface area contributed by atoms with Gasteiger partial charge in [-0.25, -0.2) is 9.18 Å². The molecule has 106 valence electrons. The van der Waals surface area contributed by atoms with Gasteiger partial charge in [-0.05, 0) is 0 Å². The first-order valence-electron chi connectivity index (χ1n) is 5.15. The van der Waals surface area contributed by atoms with Crippen LogP contribution in [0.25, 0.3) is 0 Å². The Kier molecular flexibility index (Phi) is 3.24. The lowest BCUT2D eigenvalue weighted by Crippen LogP contribution is -2.42. The zero-order valence-electron chi connectivity index (χ0n) is 9.33. The SMILES string of the molecule is Nc1nc(=O)n([C@@H]2O[C@H](CO)C(O)C2(F)F)cc1[18F]. The number of hydrogen-bond donors (Lipinski definition) is 3. The monoisotopic (exact) mass is 280 g/mol. The Morgan fingerprint density at radius 1 is 1.58 bits per heavy atom. The highest BCUT2D eigenvalue weighted by atomic mass is 19.3. The van der Waals surface area contributed by atoms with Crippen LogP contribution in [-0.2, 0) is 4.74 Å². The summed E-state index contributed by atoms with van der Waals surface area (Å²) in [5, 5.41) is 18.1. The number of nitrogens with zero attached hydrogens (tertiary/aromatic N) is 2. The Balaban J connectivity index is 2.48. The van der Waals surface area contributed by atoms with Gasteiger partial charge in [-0.3, -0.25) is 4.57 Å². The molecule has 2 heterocycles. The molecule has 1 aromatic rings. The first-order valence-corrected chi connectivity index (χ1v) is 5.15. The van der Waals surface area contributed by atoms with E-state index in [1.54, 1.807) is 0 Å². The van der Waals surface area contributed by atoms with Gasteiger partial charge in [0.2, 0.25) is 6.23 Å². The quantitative estimate of drug-likeness (QED) is 0.631. The van der Waals surface area contributed by atoms with Crippen molar-refractivity contribution in [1.82, 2.24) is 9.55 Å². The number of nitrogens with two attached hydrogens (primary N) is 1. The van der Waals surface area contributed by atoms with Gasteiger partial charge in [0.25, 0.3) is 0 Å². The second kappa shape index (κ2) is 4.47. The molecule has 2 rings (SSSR count). The number of aliphatic hydroxyl groups is 2. The van der Waals surface area contributed by atoms with Crippen molar-refractivity contribution in [1.29, 1.82) is 0 Å². The summed E-state index contributed by atoms with van der Waals surface area (Å²) in [6.45, 7) is -0.882. The molecule has 0 aliphatic carbocycles. The minimum atomic E-state index is -3.89. The number of alkyl halides is 2. The van der Waals surface area contributed by atoms with Gasteiger partial charge < -0.3 is 20.7 Å². The van der Waals surface area contributed by atoms with Gasteiger partial charge in [-0.1, -0.05) is 0 Å². The molecule has 0 bridgehead atoms. The van der Waals surface area contributed by atoms with E-state index in [4.69, 9.17) is 10.8 Å². The van der Waals surface area contributed by atoms with E-state index >= 15 is 0 Å². The third-order valence-electron chi connectivity index (χ3n) is 2.75. The molecule has 1 unspecified atom stereocenters. The van der Waals surface area contributed by atoms with Crippen molar-refractivity contribution in [2.24, 2.45) is 0 Å². The summed E-state index contributed by atoms with van der Waals surface area (Å²) in [5.41, 5.74) is 3.76. The number of ether oxygens (including phenoxy) is 1. The van der Waals surface area contributed by atoms with Crippen molar-refractivity contribution in [3.8, 4) is 0 Å². The van der Waals surface area contributed by atoms with Gasteiger partial charge in [0.1, 0.15) is 6.10 Å². The zero-order chi connectivity index (χ0) is 14.4. The van der Waals surface area contributed by atoms with Crippen LogP contribution in [0.5, 0.6) is 0 Å². The van der Waals surface area contributed by atoms with Gasteiger partial charge in [-0.15, -0.1) is 0 Å². The van der Waals surface area contributed by atoms with E-state index in [9.17, 15) is 23.1 Å². The van der Waals surface area contributed by atoms with Crippen LogP contribution in [0.3, 0.4) is 0 Å². The highest BCUT2D eigenvalue weighted by molar-refractivity contribution is 5.26. The number of halogens is 3. The van der Waals surface area contributed by atoms with E-state index in [0.29, 0.717) is 6.20 Å². The molecular weight excluding hydrogens is 270 g/mol. The molecule has 19 heavy (non-hydrogen) atoms. The lowest BCUT2D eigenvalue weighted by Gasteiger charge is -2.21. The van der Waals surface area contributed by atoms with Crippen molar-refractivity contribution in [3.05, 3.63) is 22.5 Å². The van der Waals surface area contributed by atoms with Gasteiger partial charge in [0, 0.05) is 0 Å². The molecule has 0 radical (unpaired) electrons. The number of aliphatic hydroxyl groups excluding tert-OH is 2. The molecule has 0 spiro atoms. The number of aromatic nitrogens is 2. The van der Waals surface area contributed by atoms with E-state index < -0.39 is 48.3 Å². The van der Waals surface area contributed by atoms with E-state index in [-0.39, 0.29) is 4.57 Å². The Morgan fingerprint density at radius 3 is 2.74 bits per heavy atom. The molecule has 0 saturated carbocycles. The molecule has 4 N–H and O–H groups in total. The van der Waals surface area contributed by atoms with Crippen LogP contribution in [0.1, 0.15) is 6.23 Å². The average molecular weight is 280 g/mol. The van der Waals surface area contributed by atoms with E-state index in [1.165, 1.54) is 0 Å². The first kappa shape index (κ1) is 13.8. The van der Waals surface area contributed by atoms with Crippen LogP contribution >= 0.6 is 0 Å². The average Bonchev–Trinajstić information content (AvgIpc) is 2.56. The standard InChI is InChI=1S/C9H10F3N3O4/c10-3-1-15(8(18)14-6(3)13)7-9(11,12)5(17)4(2-16)19-7/h1,4-5,7,16-17H,2H2,(H2,13,14,18)/t4-,5?,7-/m1/s1/i10-1. The lowest BCUT2D eigenvalue weighted by atomic mass is 10.1. The summed E-state index contributed by atoms with van der Waals surface area (Å²) >= 11 is 0. The second-order valence-corrected chi connectivity index (χ2v) is 3.99. The fourth-order valence-electron chi connectivity index (χ4n) is 1.74. The molecule has 1 saturated heterocycles. The van der Waals surface area contributed by atoms with E-state index in [0.717, 1.165) is 0 Å². The van der Waals surface area contributed by atoms with Crippen LogP contribution < -0.4 is 11.4 Å². The van der Waals surface area contributed by atoms with Crippen molar-refractivity contribution in [3.63, 3.8) is 0 Å². The van der Waals surface area contributed by atoms with Crippen LogP contribution in [0.15, 0.2) is 11.0 Å². The predicted molar refractivity (Wildman–Crippen MR) is 54.8 cm³/mol. The molecular formula is C9H10F3N3O4. The predicted octanol–water partition coefficient (Wildman–Crippen LogP) is -1.15. The number of rotatable bonds is 2. The molecule has 0 aromatic carbocycles. The molecule has 1 aliphatic rings. The van der Waals surface area contributed by atoms with Crippen molar-refractivity contribution >= 4 is 5.82 Å². The normalized spacial score (nSPS) is 29.6. The Hall–Kier alpha value is -1.65. The van der Waals surface area contributed by atoms with E-state index in [1.807, 2.05) is 0 Å². The molecule has 3 atom stereocenters. The summed E-state index contributed by atoms with van der Waals surface area (Å²) < 4.78 is 45.5. The van der Waals surface area contributed by atoms with Crippen molar-refractivity contribution in [2.75, 3.05) is 12.3 Å². The third-order valence-corrected chi connectivity index (χ3v) is 2.75. The minimum absolute atomic E-state index is 0.185. The highest BCUT2D eigenvalue weighted by Gasteiger charge is 2.59. The summed E-state index contributed by atoms with van der Waals surface area (Å²) in [5.74, 6) is -5.80. The van der Waals surface area contributed by atoms with Crippen molar-refractivity contribution < 1.29 is 28.1 Å². The summed E-state index contributed by atoms with van der Waals surface area (Å²) in [6, 6.07) is 0. The molecule has 0 amide bonds. The van der Waals surface area contributed by atoms with Gasteiger partial charge in [-0.2, -0.15) is 13.8 Å². The zero-order valence-corrected chi connectivity index (χ0v) is 9.33. The van der Waals surface area contributed by atoms with E-state index in [2.05, 4.69) is 9.72 Å². The first-order chi connectivity index (χ1) is 8.78. The van der Waals surface area contributed by atoms with Crippen LogP contribution in [0.4, 0.5) is 19.0 Å². The number of nitrogen functional groups attached to an aromatic ring is 1. The molecule has 1 aliphatic heterocycles. The maximum Gasteiger partial charge on any atom is 0.352 e. The largest absolute Gasteiger partial charge is 0.394 e.